The molecule has 12 nitrogen and oxygen atoms in total. The SMILES string of the molecule is CC(C)n1ncn(-c2ccc(N3CCN(c4ccc(OC[C@H]5CO[C@](Cn6cncn6)(c6cc(Cl)cc(Cl)c6)OC5)cc4)CC3)cc2)c1=O. The van der Waals surface area contributed by atoms with Gasteiger partial charge in [0.2, 0.25) is 5.79 Å². The van der Waals surface area contributed by atoms with Crippen LogP contribution in [0.3, 0.4) is 0 Å². The van der Waals surface area contributed by atoms with Crippen molar-refractivity contribution in [2.45, 2.75) is 32.2 Å². The fourth-order valence-electron chi connectivity index (χ4n) is 6.20. The van der Waals surface area contributed by atoms with E-state index in [-0.39, 0.29) is 17.6 Å². The van der Waals surface area contributed by atoms with Gasteiger partial charge in [0.1, 0.15) is 31.3 Å². The predicted octanol–water partition coefficient (Wildman–Crippen LogP) is 5.43. The van der Waals surface area contributed by atoms with Crippen molar-refractivity contribution in [1.29, 1.82) is 0 Å². The highest BCUT2D eigenvalue weighted by Gasteiger charge is 2.41. The van der Waals surface area contributed by atoms with Gasteiger partial charge in [0, 0.05) is 59.1 Å². The molecule has 0 amide bonds. The average molecular weight is 706 g/mol. The first-order valence-electron chi connectivity index (χ1n) is 16.3. The Balaban J connectivity index is 0.904. The van der Waals surface area contributed by atoms with E-state index in [1.807, 2.05) is 38.1 Å². The highest BCUT2D eigenvalue weighted by Crippen LogP contribution is 2.37. The third-order valence-corrected chi connectivity index (χ3v) is 9.32. The Morgan fingerprint density at radius 3 is 1.98 bits per heavy atom. The highest BCUT2D eigenvalue weighted by molar-refractivity contribution is 6.34. The van der Waals surface area contributed by atoms with Crippen molar-refractivity contribution in [3.8, 4) is 11.4 Å². The minimum Gasteiger partial charge on any atom is -0.493 e. The van der Waals surface area contributed by atoms with E-state index in [2.05, 4.69) is 49.2 Å². The maximum Gasteiger partial charge on any atom is 0.350 e. The molecular formula is C35H38Cl2N8O4. The molecule has 2 fully saturated rings. The molecule has 14 heteroatoms. The Labute approximate surface area is 294 Å². The smallest absolute Gasteiger partial charge is 0.350 e. The topological polar surface area (TPSA) is 105 Å². The average Bonchev–Trinajstić information content (AvgIpc) is 3.77. The number of benzene rings is 3. The third-order valence-electron chi connectivity index (χ3n) is 8.89. The minimum absolute atomic E-state index is 0.0155. The van der Waals surface area contributed by atoms with Gasteiger partial charge in [0.05, 0.1) is 31.5 Å². The summed E-state index contributed by atoms with van der Waals surface area (Å²) in [5.74, 6) is -0.284. The van der Waals surface area contributed by atoms with Crippen molar-refractivity contribution in [2.24, 2.45) is 5.92 Å². The Hall–Kier alpha value is -4.36. The fourth-order valence-corrected chi connectivity index (χ4v) is 6.73. The molecule has 0 bridgehead atoms. The number of halogens is 2. The quantitative estimate of drug-likeness (QED) is 0.188. The van der Waals surface area contributed by atoms with Crippen LogP contribution in [0.5, 0.6) is 5.75 Å². The van der Waals surface area contributed by atoms with Crippen LogP contribution in [0, 0.1) is 5.92 Å². The van der Waals surface area contributed by atoms with Crippen LogP contribution in [0.15, 0.2) is 90.5 Å². The molecule has 0 spiro atoms. The van der Waals surface area contributed by atoms with Gasteiger partial charge in [-0.3, -0.25) is 0 Å². The number of hydrogen-bond acceptors (Lipinski definition) is 9. The van der Waals surface area contributed by atoms with Crippen LogP contribution in [0.25, 0.3) is 5.69 Å². The largest absolute Gasteiger partial charge is 0.493 e. The molecule has 3 aromatic carbocycles. The number of nitrogens with zero attached hydrogens (tertiary/aromatic N) is 8. The summed E-state index contributed by atoms with van der Waals surface area (Å²) >= 11 is 12.6. The molecule has 0 N–H and O–H groups in total. The number of anilines is 2. The Bertz CT molecular complexity index is 1880. The predicted molar refractivity (Wildman–Crippen MR) is 188 cm³/mol. The van der Waals surface area contributed by atoms with Gasteiger partial charge in [-0.25, -0.2) is 23.7 Å². The summed E-state index contributed by atoms with van der Waals surface area (Å²) in [6.45, 7) is 9.06. The number of piperazine rings is 1. The first-order chi connectivity index (χ1) is 23.8. The first kappa shape index (κ1) is 33.2. The van der Waals surface area contributed by atoms with E-state index < -0.39 is 5.79 Å². The van der Waals surface area contributed by atoms with Crippen LogP contribution in [0.2, 0.25) is 10.0 Å². The summed E-state index contributed by atoms with van der Waals surface area (Å²) in [6, 6.07) is 21.6. The maximum absolute atomic E-state index is 12.6. The number of aromatic nitrogens is 6. The van der Waals surface area contributed by atoms with Crippen LogP contribution >= 0.6 is 23.2 Å². The molecule has 2 saturated heterocycles. The molecule has 2 aliphatic rings. The van der Waals surface area contributed by atoms with Gasteiger partial charge < -0.3 is 24.0 Å². The molecule has 2 aliphatic heterocycles. The van der Waals surface area contributed by atoms with Gasteiger partial charge in [0.25, 0.3) is 0 Å². The van der Waals surface area contributed by atoms with Crippen molar-refractivity contribution in [1.82, 2.24) is 29.1 Å². The van der Waals surface area contributed by atoms with Gasteiger partial charge in [-0.05, 0) is 80.6 Å². The Kier molecular flexibility index (Phi) is 9.64. The number of hydrogen-bond donors (Lipinski definition) is 0. The zero-order chi connectivity index (χ0) is 34.0. The highest BCUT2D eigenvalue weighted by atomic mass is 35.5. The molecule has 0 atom stereocenters. The van der Waals surface area contributed by atoms with Crippen molar-refractivity contribution in [3.63, 3.8) is 0 Å². The zero-order valence-electron chi connectivity index (χ0n) is 27.4. The summed E-state index contributed by atoms with van der Waals surface area (Å²) in [4.78, 5) is 21.4. The lowest BCUT2D eigenvalue weighted by Gasteiger charge is -2.40. The summed E-state index contributed by atoms with van der Waals surface area (Å²) in [6.07, 6.45) is 4.67. The third kappa shape index (κ3) is 7.32. The van der Waals surface area contributed by atoms with Gasteiger partial charge in [-0.2, -0.15) is 10.2 Å². The van der Waals surface area contributed by atoms with Crippen molar-refractivity contribution >= 4 is 34.6 Å². The Morgan fingerprint density at radius 2 is 1.43 bits per heavy atom. The van der Waals surface area contributed by atoms with Crippen LogP contribution in [0.1, 0.15) is 25.5 Å². The van der Waals surface area contributed by atoms with E-state index in [9.17, 15) is 4.79 Å². The van der Waals surface area contributed by atoms with E-state index >= 15 is 0 Å². The molecule has 7 rings (SSSR count). The number of ether oxygens (including phenoxy) is 3. The van der Waals surface area contributed by atoms with E-state index in [0.29, 0.717) is 36.4 Å². The van der Waals surface area contributed by atoms with Gasteiger partial charge in [-0.1, -0.05) is 23.2 Å². The molecular weight excluding hydrogens is 667 g/mol. The maximum atomic E-state index is 12.6. The standard InChI is InChI=1S/C35H38Cl2N8O4/c1-25(2)45-34(46)44(24-40-45)32-5-3-30(4-6-32)41-11-13-42(14-12-41)31-7-9-33(10-8-31)47-18-26-19-48-35(49-20-26,21-43-23-38-22-39-43)27-15-28(36)17-29(37)16-27/h3-10,15-17,22-26H,11-14,18-21H2,1-2H3/t26-,35-. The zero-order valence-corrected chi connectivity index (χ0v) is 28.9. The monoisotopic (exact) mass is 704 g/mol. The van der Waals surface area contributed by atoms with Crippen molar-refractivity contribution < 1.29 is 14.2 Å². The second-order valence-electron chi connectivity index (χ2n) is 12.6. The van der Waals surface area contributed by atoms with Gasteiger partial charge in [-0.15, -0.1) is 0 Å². The van der Waals surface area contributed by atoms with Gasteiger partial charge in [0.15, 0.2) is 0 Å². The molecule has 0 unspecified atom stereocenters. The molecule has 256 valence electrons. The normalized spacial score (nSPS) is 19.8. The molecule has 0 saturated carbocycles. The molecule has 2 aromatic heterocycles. The van der Waals surface area contributed by atoms with Crippen LogP contribution in [0.4, 0.5) is 11.4 Å². The summed E-state index contributed by atoms with van der Waals surface area (Å²) in [5.41, 5.74) is 3.69. The lowest BCUT2D eigenvalue weighted by atomic mass is 10.0. The van der Waals surface area contributed by atoms with E-state index in [0.717, 1.165) is 54.6 Å². The van der Waals surface area contributed by atoms with Crippen LogP contribution < -0.4 is 20.2 Å². The molecule has 49 heavy (non-hydrogen) atoms. The molecule has 5 aromatic rings. The van der Waals surface area contributed by atoms with Crippen molar-refractivity contribution in [3.05, 3.63) is 112 Å². The first-order valence-corrected chi connectivity index (χ1v) is 17.1. The van der Waals surface area contributed by atoms with Crippen LogP contribution in [-0.4, -0.2) is 75.1 Å². The molecule has 0 aliphatic carbocycles. The van der Waals surface area contributed by atoms with E-state index in [1.54, 1.807) is 40.1 Å². The summed E-state index contributed by atoms with van der Waals surface area (Å²) in [7, 11) is 0. The molecule has 4 heterocycles. The lowest BCUT2D eigenvalue weighted by molar-refractivity contribution is -0.301. The van der Waals surface area contributed by atoms with E-state index in [1.165, 1.54) is 11.0 Å². The van der Waals surface area contributed by atoms with Gasteiger partial charge >= 0.3 is 5.69 Å². The van der Waals surface area contributed by atoms with E-state index in [4.69, 9.17) is 37.4 Å². The minimum atomic E-state index is -1.10. The second kappa shape index (κ2) is 14.2. The van der Waals surface area contributed by atoms with Crippen LogP contribution in [-0.2, 0) is 21.8 Å². The Morgan fingerprint density at radius 1 is 0.837 bits per heavy atom. The summed E-state index contributed by atoms with van der Waals surface area (Å²) in [5, 5.41) is 9.47. The second-order valence-corrected chi connectivity index (χ2v) is 13.5. The lowest BCUT2D eigenvalue weighted by Crippen LogP contribution is -2.46. The fraction of sp³-hybridized carbons (Fsp3) is 0.371. The summed E-state index contributed by atoms with van der Waals surface area (Å²) < 4.78 is 23.7. The van der Waals surface area contributed by atoms with Crippen molar-refractivity contribution in [2.75, 3.05) is 55.8 Å². The molecule has 0 radical (unpaired) electrons. The number of rotatable bonds is 10.